The Labute approximate surface area is 166 Å². The van der Waals surface area contributed by atoms with Gasteiger partial charge in [0.15, 0.2) is 8.29 Å². The summed E-state index contributed by atoms with van der Waals surface area (Å²) >= 11 is 8.32. The molecule has 0 radical (unpaired) electrons. The molecule has 0 saturated carbocycles. The highest BCUT2D eigenvalue weighted by Crippen LogP contribution is 2.26. The Hall–Kier alpha value is -1.96. The number of para-hydroxylation sites is 2. The van der Waals surface area contributed by atoms with Crippen LogP contribution in [0, 0.1) is 10.9 Å². The molecule has 0 N–H and O–H groups in total. The molecule has 0 unspecified atom stereocenters. The zero-order chi connectivity index (χ0) is 18.5. The summed E-state index contributed by atoms with van der Waals surface area (Å²) in [6.45, 7) is 4.65. The van der Waals surface area contributed by atoms with Gasteiger partial charge >= 0.3 is 0 Å². The van der Waals surface area contributed by atoms with Gasteiger partial charge in [-0.2, -0.15) is 0 Å². The van der Waals surface area contributed by atoms with Gasteiger partial charge in [-0.3, -0.25) is 4.79 Å². The van der Waals surface area contributed by atoms with E-state index >= 15 is 0 Å². The summed E-state index contributed by atoms with van der Waals surface area (Å²) in [5.41, 5.74) is 3.01. The molecule has 1 amide bonds. The van der Waals surface area contributed by atoms with Gasteiger partial charge < -0.3 is 4.90 Å². The summed E-state index contributed by atoms with van der Waals surface area (Å²) in [4.78, 5) is 14.4. The fourth-order valence-corrected chi connectivity index (χ4v) is 4.81. The molecule has 4 nitrogen and oxygen atoms in total. The lowest BCUT2D eigenvalue weighted by atomic mass is 10.2. The molecule has 0 aliphatic rings. The van der Waals surface area contributed by atoms with Gasteiger partial charge in [0.1, 0.15) is 0 Å². The first kappa shape index (κ1) is 18.8. The van der Waals surface area contributed by atoms with Crippen LogP contribution in [0.4, 0.5) is 5.69 Å². The fraction of sp³-hybridized carbons (Fsp3) is 0.211. The first-order valence-electron chi connectivity index (χ1n) is 8.24. The molecule has 0 aliphatic heterocycles. The van der Waals surface area contributed by atoms with E-state index in [0.29, 0.717) is 16.3 Å². The lowest BCUT2D eigenvalue weighted by Crippen LogP contribution is -2.32. The van der Waals surface area contributed by atoms with Crippen molar-refractivity contribution in [2.75, 3.05) is 17.2 Å². The third-order valence-electron chi connectivity index (χ3n) is 3.88. The second kappa shape index (κ2) is 8.62. The molecule has 0 spiro atoms. The molecule has 1 aromatic heterocycles. The Morgan fingerprint density at radius 1 is 1.19 bits per heavy atom. The van der Waals surface area contributed by atoms with E-state index in [4.69, 9.17) is 12.2 Å². The number of carbonyl (C=O) groups is 1. The topological polar surface area (TPSA) is 38.1 Å². The number of amides is 1. The van der Waals surface area contributed by atoms with Gasteiger partial charge in [0, 0.05) is 12.2 Å². The first-order chi connectivity index (χ1) is 12.6. The van der Waals surface area contributed by atoms with Crippen LogP contribution in [0.3, 0.4) is 0 Å². The normalized spacial score (nSPS) is 10.7. The number of thioether (sulfide) groups is 1. The van der Waals surface area contributed by atoms with Crippen molar-refractivity contribution < 1.29 is 4.79 Å². The minimum atomic E-state index is 0.0623. The lowest BCUT2D eigenvalue weighted by Gasteiger charge is -2.20. The van der Waals surface area contributed by atoms with Crippen LogP contribution in [-0.4, -0.2) is 28.0 Å². The van der Waals surface area contributed by atoms with Crippen molar-refractivity contribution >= 4 is 46.9 Å². The summed E-state index contributed by atoms with van der Waals surface area (Å²) in [6.07, 6.45) is 0. The molecule has 3 aromatic rings. The highest BCUT2D eigenvalue weighted by molar-refractivity contribution is 8.01. The third-order valence-corrected chi connectivity index (χ3v) is 6.23. The van der Waals surface area contributed by atoms with Gasteiger partial charge in [-0.05, 0) is 49.8 Å². The highest BCUT2D eigenvalue weighted by atomic mass is 32.2. The van der Waals surface area contributed by atoms with E-state index in [1.165, 1.54) is 23.1 Å². The van der Waals surface area contributed by atoms with E-state index in [0.717, 1.165) is 21.3 Å². The van der Waals surface area contributed by atoms with Gasteiger partial charge in [0.05, 0.1) is 11.4 Å². The van der Waals surface area contributed by atoms with Crippen molar-refractivity contribution in [3.05, 3.63) is 64.1 Å². The van der Waals surface area contributed by atoms with Crippen LogP contribution < -0.4 is 4.90 Å². The standard InChI is InChI=1S/C19H19N3OS3/c1-3-21(15-10-5-4-6-11-15)17(23)13-25-18-20-22(19(24)26-18)16-12-8-7-9-14(16)2/h4-12H,3,13H2,1-2H3. The number of nitrogens with zero attached hydrogens (tertiary/aromatic N) is 3. The second-order valence-electron chi connectivity index (χ2n) is 5.59. The van der Waals surface area contributed by atoms with E-state index in [1.54, 1.807) is 9.58 Å². The number of hydrogen-bond donors (Lipinski definition) is 0. The van der Waals surface area contributed by atoms with Crippen LogP contribution in [0.2, 0.25) is 0 Å². The van der Waals surface area contributed by atoms with Gasteiger partial charge in [-0.15, -0.1) is 5.10 Å². The van der Waals surface area contributed by atoms with Crippen LogP contribution in [-0.2, 0) is 4.79 Å². The largest absolute Gasteiger partial charge is 0.312 e. The SMILES string of the molecule is CCN(C(=O)CSc1nn(-c2ccccc2C)c(=S)s1)c1ccccc1. The van der Waals surface area contributed by atoms with Crippen molar-refractivity contribution in [1.29, 1.82) is 0 Å². The zero-order valence-electron chi connectivity index (χ0n) is 14.6. The van der Waals surface area contributed by atoms with Gasteiger partial charge in [-0.1, -0.05) is 59.5 Å². The van der Waals surface area contributed by atoms with E-state index in [-0.39, 0.29) is 5.91 Å². The maximum absolute atomic E-state index is 12.6. The third kappa shape index (κ3) is 4.23. The maximum atomic E-state index is 12.6. The van der Waals surface area contributed by atoms with Gasteiger partial charge in [0.25, 0.3) is 0 Å². The Morgan fingerprint density at radius 3 is 2.58 bits per heavy atom. The summed E-state index contributed by atoms with van der Waals surface area (Å²) in [6, 6.07) is 17.7. The van der Waals surface area contributed by atoms with Crippen LogP contribution in [0.15, 0.2) is 58.9 Å². The number of aromatic nitrogens is 2. The molecule has 0 saturated heterocycles. The van der Waals surface area contributed by atoms with Crippen molar-refractivity contribution in [1.82, 2.24) is 9.78 Å². The predicted octanol–water partition coefficient (Wildman–Crippen LogP) is 5.12. The van der Waals surface area contributed by atoms with Crippen molar-refractivity contribution in [2.24, 2.45) is 0 Å². The summed E-state index contributed by atoms with van der Waals surface area (Å²) in [5.74, 6) is 0.394. The zero-order valence-corrected chi connectivity index (χ0v) is 17.0. The quantitative estimate of drug-likeness (QED) is 0.425. The first-order valence-corrected chi connectivity index (χ1v) is 10.5. The van der Waals surface area contributed by atoms with Crippen molar-refractivity contribution in [3.8, 4) is 5.69 Å². The summed E-state index contributed by atoms with van der Waals surface area (Å²) in [5, 5.41) is 4.59. The van der Waals surface area contributed by atoms with Gasteiger partial charge in [0.2, 0.25) is 5.91 Å². The smallest absolute Gasteiger partial charge is 0.237 e. The summed E-state index contributed by atoms with van der Waals surface area (Å²) < 4.78 is 3.26. The van der Waals surface area contributed by atoms with E-state index in [1.807, 2.05) is 68.4 Å². The van der Waals surface area contributed by atoms with E-state index in [2.05, 4.69) is 5.10 Å². The Bertz CT molecular complexity index is 950. The predicted molar refractivity (Wildman–Crippen MR) is 112 cm³/mol. The number of hydrogen-bond acceptors (Lipinski definition) is 5. The average molecular weight is 402 g/mol. The highest BCUT2D eigenvalue weighted by Gasteiger charge is 2.16. The van der Waals surface area contributed by atoms with Crippen LogP contribution in [0.25, 0.3) is 5.69 Å². The van der Waals surface area contributed by atoms with Crippen LogP contribution in [0.1, 0.15) is 12.5 Å². The minimum absolute atomic E-state index is 0.0623. The molecule has 26 heavy (non-hydrogen) atoms. The van der Waals surface area contributed by atoms with Crippen molar-refractivity contribution in [2.45, 2.75) is 18.2 Å². The van der Waals surface area contributed by atoms with Crippen molar-refractivity contribution in [3.63, 3.8) is 0 Å². The Kier molecular flexibility index (Phi) is 6.24. The average Bonchev–Trinajstić information content (AvgIpc) is 3.02. The molecule has 0 atom stereocenters. The molecule has 134 valence electrons. The summed E-state index contributed by atoms with van der Waals surface area (Å²) in [7, 11) is 0. The molecular formula is C19H19N3OS3. The lowest BCUT2D eigenvalue weighted by molar-refractivity contribution is -0.116. The monoisotopic (exact) mass is 401 g/mol. The maximum Gasteiger partial charge on any atom is 0.237 e. The molecule has 2 aromatic carbocycles. The second-order valence-corrected chi connectivity index (χ2v) is 8.44. The Balaban J connectivity index is 1.72. The molecule has 0 fully saturated rings. The number of anilines is 1. The molecule has 0 bridgehead atoms. The molecule has 0 aliphatic carbocycles. The fourth-order valence-electron chi connectivity index (χ4n) is 2.58. The number of benzene rings is 2. The van der Waals surface area contributed by atoms with Gasteiger partial charge in [-0.25, -0.2) is 4.68 Å². The molecule has 3 rings (SSSR count). The molecule has 1 heterocycles. The number of rotatable bonds is 6. The number of carbonyl (C=O) groups excluding carboxylic acids is 1. The molecule has 7 heteroatoms. The minimum Gasteiger partial charge on any atom is -0.312 e. The Morgan fingerprint density at radius 2 is 1.88 bits per heavy atom. The molecular weight excluding hydrogens is 382 g/mol. The van der Waals surface area contributed by atoms with Crippen LogP contribution in [0.5, 0.6) is 0 Å². The van der Waals surface area contributed by atoms with E-state index < -0.39 is 0 Å². The van der Waals surface area contributed by atoms with Crippen LogP contribution >= 0.6 is 35.3 Å². The number of aryl methyl sites for hydroxylation is 1. The van der Waals surface area contributed by atoms with E-state index in [9.17, 15) is 4.79 Å².